The number of H-pyrrole nitrogens is 1. The Morgan fingerprint density at radius 2 is 2.24 bits per heavy atom. The van der Waals surface area contributed by atoms with Gasteiger partial charge in [-0.2, -0.15) is 5.10 Å². The van der Waals surface area contributed by atoms with Gasteiger partial charge in [0, 0.05) is 25.7 Å². The Morgan fingerprint density at radius 3 is 3.10 bits per heavy atom. The third-order valence-electron chi connectivity index (χ3n) is 4.58. The summed E-state index contributed by atoms with van der Waals surface area (Å²) in [6.45, 7) is 1.72. The summed E-state index contributed by atoms with van der Waals surface area (Å²) in [6.07, 6.45) is 8.82. The third-order valence-corrected chi connectivity index (χ3v) is 4.58. The molecule has 1 unspecified atom stereocenters. The molecule has 2 aliphatic rings. The number of hydrogen-bond donors (Lipinski definition) is 1. The molecule has 0 aromatic carbocycles. The molecule has 0 radical (unpaired) electrons. The van der Waals surface area contributed by atoms with Crippen LogP contribution in [0.25, 0.3) is 0 Å². The van der Waals surface area contributed by atoms with Crippen LogP contribution in [0.3, 0.4) is 0 Å². The normalized spacial score (nSPS) is 21.5. The number of nitrogens with zero attached hydrogens (tertiary/aromatic N) is 4. The molecule has 6 nitrogen and oxygen atoms in total. The lowest BCUT2D eigenvalue weighted by molar-refractivity contribution is 0.0720. The van der Waals surface area contributed by atoms with Crippen molar-refractivity contribution in [2.75, 3.05) is 6.54 Å². The number of likely N-dealkylation sites (tertiary alicyclic amines) is 1. The predicted molar refractivity (Wildman–Crippen MR) is 76.8 cm³/mol. The van der Waals surface area contributed by atoms with E-state index in [4.69, 9.17) is 0 Å². The van der Waals surface area contributed by atoms with E-state index in [1.54, 1.807) is 12.4 Å². The molecule has 1 saturated heterocycles. The van der Waals surface area contributed by atoms with Crippen LogP contribution < -0.4 is 0 Å². The summed E-state index contributed by atoms with van der Waals surface area (Å²) in [5.41, 5.74) is 1.77. The van der Waals surface area contributed by atoms with E-state index in [1.165, 1.54) is 6.42 Å². The van der Waals surface area contributed by atoms with Crippen LogP contribution in [0.5, 0.6) is 0 Å². The molecule has 6 heteroatoms. The number of carbonyl (C=O) groups is 1. The van der Waals surface area contributed by atoms with Gasteiger partial charge in [0.05, 0.1) is 17.9 Å². The first kappa shape index (κ1) is 12.6. The van der Waals surface area contributed by atoms with Gasteiger partial charge < -0.3 is 9.47 Å². The van der Waals surface area contributed by atoms with Crippen molar-refractivity contribution in [2.45, 2.75) is 44.7 Å². The first-order valence-electron chi connectivity index (χ1n) is 7.69. The Balaban J connectivity index is 1.63. The second-order valence-corrected chi connectivity index (χ2v) is 5.84. The third kappa shape index (κ3) is 2.05. The number of hydrogen-bond acceptors (Lipinski definition) is 3. The topological polar surface area (TPSA) is 66.8 Å². The lowest BCUT2D eigenvalue weighted by Gasteiger charge is -2.25. The van der Waals surface area contributed by atoms with E-state index in [0.29, 0.717) is 0 Å². The van der Waals surface area contributed by atoms with Gasteiger partial charge >= 0.3 is 0 Å². The van der Waals surface area contributed by atoms with Crippen molar-refractivity contribution >= 4 is 5.91 Å². The zero-order valence-electron chi connectivity index (χ0n) is 12.0. The van der Waals surface area contributed by atoms with E-state index in [-0.39, 0.29) is 11.9 Å². The smallest absolute Gasteiger partial charge is 0.272 e. The van der Waals surface area contributed by atoms with Crippen molar-refractivity contribution in [3.8, 4) is 0 Å². The lowest BCUT2D eigenvalue weighted by atomic mass is 10.1. The number of aryl methyl sites for hydroxylation is 1. The number of amides is 1. The van der Waals surface area contributed by atoms with Crippen LogP contribution in [-0.4, -0.2) is 37.1 Å². The first-order chi connectivity index (χ1) is 10.3. The number of aromatic nitrogens is 4. The molecule has 0 aliphatic carbocycles. The molecule has 2 aromatic heterocycles. The van der Waals surface area contributed by atoms with Gasteiger partial charge in [0.1, 0.15) is 11.5 Å². The van der Waals surface area contributed by atoms with Gasteiger partial charge in [0.15, 0.2) is 0 Å². The van der Waals surface area contributed by atoms with Crippen molar-refractivity contribution in [3.05, 3.63) is 35.7 Å². The number of rotatable bonds is 2. The van der Waals surface area contributed by atoms with E-state index < -0.39 is 0 Å². The number of fused-ring (bicyclic) bond motifs is 1. The fourth-order valence-corrected chi connectivity index (χ4v) is 3.52. The number of carbonyl (C=O) groups excluding carboxylic acids is 1. The van der Waals surface area contributed by atoms with Gasteiger partial charge in [-0.15, -0.1) is 0 Å². The largest absolute Gasteiger partial charge is 0.329 e. The highest BCUT2D eigenvalue weighted by Crippen LogP contribution is 2.32. The molecule has 1 N–H and O–H groups in total. The highest BCUT2D eigenvalue weighted by Gasteiger charge is 2.33. The second kappa shape index (κ2) is 5.02. The minimum atomic E-state index is 0.104. The number of aromatic amines is 1. The number of imidazole rings is 1. The van der Waals surface area contributed by atoms with Crippen molar-refractivity contribution in [1.29, 1.82) is 0 Å². The van der Waals surface area contributed by atoms with Gasteiger partial charge in [-0.3, -0.25) is 9.89 Å². The fraction of sp³-hybridized carbons (Fsp3) is 0.533. The maximum Gasteiger partial charge on any atom is 0.272 e. The van der Waals surface area contributed by atoms with Crippen molar-refractivity contribution in [1.82, 2.24) is 24.6 Å². The summed E-state index contributed by atoms with van der Waals surface area (Å²) in [7, 11) is 0. The van der Waals surface area contributed by atoms with Gasteiger partial charge in [-0.25, -0.2) is 4.98 Å². The predicted octanol–water partition coefficient (Wildman–Crippen LogP) is 1.92. The summed E-state index contributed by atoms with van der Waals surface area (Å²) < 4.78 is 2.11. The molecule has 4 heterocycles. The van der Waals surface area contributed by atoms with Crippen molar-refractivity contribution < 1.29 is 4.79 Å². The maximum atomic E-state index is 12.9. The van der Waals surface area contributed by atoms with Crippen LogP contribution in [0, 0.1) is 0 Å². The quantitative estimate of drug-likeness (QED) is 0.916. The van der Waals surface area contributed by atoms with Crippen molar-refractivity contribution in [2.24, 2.45) is 0 Å². The summed E-state index contributed by atoms with van der Waals surface area (Å²) in [4.78, 5) is 19.3. The van der Waals surface area contributed by atoms with Crippen LogP contribution in [0.1, 0.15) is 53.7 Å². The molecule has 2 aromatic rings. The Kier molecular flexibility index (Phi) is 3.02. The van der Waals surface area contributed by atoms with E-state index >= 15 is 0 Å². The molecular formula is C15H19N5O. The van der Waals surface area contributed by atoms with E-state index in [1.807, 2.05) is 11.0 Å². The van der Waals surface area contributed by atoms with E-state index in [0.717, 1.165) is 56.0 Å². The van der Waals surface area contributed by atoms with Crippen LogP contribution in [0.15, 0.2) is 18.5 Å². The molecule has 1 atom stereocenters. The highest BCUT2D eigenvalue weighted by molar-refractivity contribution is 5.93. The molecule has 0 bridgehead atoms. The zero-order chi connectivity index (χ0) is 14.2. The average Bonchev–Trinajstić information content (AvgIpc) is 3.25. The molecule has 21 heavy (non-hydrogen) atoms. The minimum Gasteiger partial charge on any atom is -0.329 e. The van der Waals surface area contributed by atoms with Crippen molar-refractivity contribution in [3.63, 3.8) is 0 Å². The van der Waals surface area contributed by atoms with Gasteiger partial charge in [-0.1, -0.05) is 0 Å². The summed E-state index contributed by atoms with van der Waals surface area (Å²) >= 11 is 0. The summed E-state index contributed by atoms with van der Waals surface area (Å²) in [5.74, 6) is 1.16. The zero-order valence-corrected chi connectivity index (χ0v) is 12.0. The van der Waals surface area contributed by atoms with Gasteiger partial charge in [-0.05, 0) is 31.7 Å². The highest BCUT2D eigenvalue weighted by atomic mass is 16.2. The minimum absolute atomic E-state index is 0.104. The molecule has 2 aliphatic heterocycles. The first-order valence-corrected chi connectivity index (χ1v) is 7.69. The lowest BCUT2D eigenvalue weighted by Crippen LogP contribution is -2.33. The average molecular weight is 285 g/mol. The molecule has 1 amide bonds. The van der Waals surface area contributed by atoms with Crippen LogP contribution in [0.4, 0.5) is 0 Å². The maximum absolute atomic E-state index is 12.9. The standard InChI is InChI=1S/C15H19N5O/c21-15(13-10-16-14-5-1-2-8-19(13)14)20-9-3-4-12(20)11-6-7-17-18-11/h6-7,10,12H,1-5,8-9H2,(H,17,18). The molecule has 1 fully saturated rings. The Labute approximate surface area is 123 Å². The fourth-order valence-electron chi connectivity index (χ4n) is 3.52. The number of nitrogens with one attached hydrogen (secondary N) is 1. The molecular weight excluding hydrogens is 266 g/mol. The molecule has 0 spiro atoms. The van der Waals surface area contributed by atoms with Gasteiger partial charge in [0.25, 0.3) is 5.91 Å². The van der Waals surface area contributed by atoms with E-state index in [2.05, 4.69) is 19.7 Å². The Hall–Kier alpha value is -2.11. The summed E-state index contributed by atoms with van der Waals surface area (Å²) in [6, 6.07) is 2.08. The molecule has 4 rings (SSSR count). The van der Waals surface area contributed by atoms with Crippen LogP contribution in [-0.2, 0) is 13.0 Å². The Bertz CT molecular complexity index is 645. The van der Waals surface area contributed by atoms with Crippen LogP contribution >= 0.6 is 0 Å². The SMILES string of the molecule is O=C(c1cnc2n1CCCC2)N1CCCC1c1ccn[nH]1. The van der Waals surface area contributed by atoms with E-state index in [9.17, 15) is 4.79 Å². The molecule has 110 valence electrons. The van der Waals surface area contributed by atoms with Crippen LogP contribution in [0.2, 0.25) is 0 Å². The summed E-state index contributed by atoms with van der Waals surface area (Å²) in [5, 5.41) is 7.02. The monoisotopic (exact) mass is 285 g/mol. The molecule has 0 saturated carbocycles. The van der Waals surface area contributed by atoms with Gasteiger partial charge in [0.2, 0.25) is 0 Å². The Morgan fingerprint density at radius 1 is 1.29 bits per heavy atom. The second-order valence-electron chi connectivity index (χ2n) is 5.84.